The fourth-order valence-corrected chi connectivity index (χ4v) is 3.38. The summed E-state index contributed by atoms with van der Waals surface area (Å²) in [6.07, 6.45) is 10.6. The Balaban J connectivity index is 1.64. The molecule has 0 bridgehead atoms. The minimum atomic E-state index is 0.480. The number of rotatable bonds is 1. The largest absolute Gasteiger partial charge is 0.348 e. The van der Waals surface area contributed by atoms with Gasteiger partial charge in [0.25, 0.3) is 0 Å². The third kappa shape index (κ3) is 1.35. The van der Waals surface area contributed by atoms with Crippen LogP contribution in [-0.4, -0.2) is 15.0 Å². The van der Waals surface area contributed by atoms with Gasteiger partial charge in [0, 0.05) is 29.7 Å². The molecule has 1 saturated carbocycles. The molecule has 0 aliphatic heterocycles. The molecule has 2 heterocycles. The van der Waals surface area contributed by atoms with Crippen molar-refractivity contribution in [2.24, 2.45) is 5.41 Å². The summed E-state index contributed by atoms with van der Waals surface area (Å²) in [6.45, 7) is 0. The highest BCUT2D eigenvalue weighted by Gasteiger charge is 2.56. The second-order valence-corrected chi connectivity index (χ2v) is 5.41. The summed E-state index contributed by atoms with van der Waals surface area (Å²) >= 11 is 0. The third-order valence-corrected chi connectivity index (χ3v) is 4.48. The maximum absolute atomic E-state index is 4.54. The molecule has 2 aromatic rings. The molecule has 0 amide bonds. The highest BCUT2D eigenvalue weighted by molar-refractivity contribution is 5.32. The van der Waals surface area contributed by atoms with Crippen LogP contribution in [0.5, 0.6) is 0 Å². The van der Waals surface area contributed by atoms with Crippen molar-refractivity contribution in [2.75, 3.05) is 0 Å². The zero-order valence-electron chi connectivity index (χ0n) is 9.69. The monoisotopic (exact) mass is 225 g/mol. The summed E-state index contributed by atoms with van der Waals surface area (Å²) in [5.74, 6) is 0.681. The topological polar surface area (TPSA) is 41.6 Å². The molecule has 2 aliphatic carbocycles. The molecule has 3 heteroatoms. The molecule has 17 heavy (non-hydrogen) atoms. The average molecular weight is 225 g/mol. The van der Waals surface area contributed by atoms with Gasteiger partial charge in [-0.1, -0.05) is 6.07 Å². The van der Waals surface area contributed by atoms with E-state index in [9.17, 15) is 0 Å². The molecule has 86 valence electrons. The maximum atomic E-state index is 4.54. The van der Waals surface area contributed by atoms with Gasteiger partial charge in [-0.3, -0.25) is 4.98 Å². The Kier molecular flexibility index (Phi) is 1.76. The molecular formula is C14H15N3. The molecule has 1 N–H and O–H groups in total. The Morgan fingerprint density at radius 3 is 3.29 bits per heavy atom. The Morgan fingerprint density at radius 2 is 2.41 bits per heavy atom. The first-order chi connectivity index (χ1) is 8.37. The quantitative estimate of drug-likeness (QED) is 0.810. The summed E-state index contributed by atoms with van der Waals surface area (Å²) in [7, 11) is 0. The third-order valence-electron chi connectivity index (χ3n) is 4.48. The van der Waals surface area contributed by atoms with Gasteiger partial charge in [-0.05, 0) is 42.7 Å². The van der Waals surface area contributed by atoms with E-state index in [0.717, 1.165) is 6.42 Å². The number of fused-ring (bicyclic) bond motifs is 1. The van der Waals surface area contributed by atoms with E-state index in [2.05, 4.69) is 27.1 Å². The Hall–Kier alpha value is -1.64. The van der Waals surface area contributed by atoms with Crippen LogP contribution in [0.1, 0.15) is 35.7 Å². The minimum absolute atomic E-state index is 0.480. The summed E-state index contributed by atoms with van der Waals surface area (Å²) in [6, 6.07) is 4.28. The molecule has 0 radical (unpaired) electrons. The van der Waals surface area contributed by atoms with Crippen molar-refractivity contribution in [3.8, 4) is 0 Å². The van der Waals surface area contributed by atoms with Crippen LogP contribution in [0.4, 0.5) is 0 Å². The zero-order chi connectivity index (χ0) is 11.3. The lowest BCUT2D eigenvalue weighted by Gasteiger charge is -2.24. The van der Waals surface area contributed by atoms with Crippen LogP contribution in [0, 0.1) is 5.41 Å². The lowest BCUT2D eigenvalue weighted by atomic mass is 9.82. The van der Waals surface area contributed by atoms with E-state index < -0.39 is 0 Å². The van der Waals surface area contributed by atoms with Crippen molar-refractivity contribution in [3.63, 3.8) is 0 Å². The highest BCUT2D eigenvalue weighted by Crippen LogP contribution is 2.64. The van der Waals surface area contributed by atoms with Gasteiger partial charge in [-0.25, -0.2) is 4.98 Å². The van der Waals surface area contributed by atoms with E-state index >= 15 is 0 Å². The number of H-pyrrole nitrogens is 1. The number of aromatic amines is 1. The Morgan fingerprint density at radius 1 is 1.41 bits per heavy atom. The molecule has 2 aromatic heterocycles. The van der Waals surface area contributed by atoms with E-state index in [1.165, 1.54) is 36.2 Å². The number of nitrogens with zero attached hydrogens (tertiary/aromatic N) is 2. The molecule has 1 fully saturated rings. The smallest absolute Gasteiger partial charge is 0.0921 e. The summed E-state index contributed by atoms with van der Waals surface area (Å²) in [5, 5.41) is 0. The van der Waals surface area contributed by atoms with Gasteiger partial charge < -0.3 is 4.98 Å². The SMILES string of the molecule is c1cnc2c(c1)CC[C@@]1(C2)C[C@H]1c1cnc[nH]1. The molecule has 4 rings (SSSR count). The van der Waals surface area contributed by atoms with Crippen molar-refractivity contribution in [3.05, 3.63) is 47.8 Å². The van der Waals surface area contributed by atoms with Crippen LogP contribution in [0.2, 0.25) is 0 Å². The van der Waals surface area contributed by atoms with Gasteiger partial charge >= 0.3 is 0 Å². The van der Waals surface area contributed by atoms with Gasteiger partial charge in [0.1, 0.15) is 0 Å². The molecule has 2 atom stereocenters. The van der Waals surface area contributed by atoms with Crippen molar-refractivity contribution >= 4 is 0 Å². The number of pyridine rings is 1. The van der Waals surface area contributed by atoms with E-state index in [1.54, 1.807) is 6.33 Å². The number of hydrogen-bond donors (Lipinski definition) is 1. The molecule has 0 unspecified atom stereocenters. The van der Waals surface area contributed by atoms with Crippen LogP contribution >= 0.6 is 0 Å². The molecule has 0 saturated heterocycles. The normalized spacial score (nSPS) is 30.2. The first-order valence-corrected chi connectivity index (χ1v) is 6.28. The average Bonchev–Trinajstić information content (AvgIpc) is 2.83. The van der Waals surface area contributed by atoms with E-state index in [-0.39, 0.29) is 0 Å². The molecule has 2 aliphatic rings. The van der Waals surface area contributed by atoms with Gasteiger partial charge in [-0.2, -0.15) is 0 Å². The predicted octanol–water partition coefficient (Wildman–Crippen LogP) is 2.47. The number of hydrogen-bond acceptors (Lipinski definition) is 2. The fraction of sp³-hybridized carbons (Fsp3) is 0.429. The van der Waals surface area contributed by atoms with Crippen molar-refractivity contribution in [1.29, 1.82) is 0 Å². The van der Waals surface area contributed by atoms with E-state index in [0.29, 0.717) is 11.3 Å². The van der Waals surface area contributed by atoms with Crippen LogP contribution in [0.25, 0.3) is 0 Å². The minimum Gasteiger partial charge on any atom is -0.348 e. The zero-order valence-corrected chi connectivity index (χ0v) is 9.69. The number of aromatic nitrogens is 3. The summed E-state index contributed by atoms with van der Waals surface area (Å²) < 4.78 is 0. The predicted molar refractivity (Wildman–Crippen MR) is 64.6 cm³/mol. The Labute approximate surface area is 100 Å². The van der Waals surface area contributed by atoms with E-state index in [4.69, 9.17) is 0 Å². The first-order valence-electron chi connectivity index (χ1n) is 6.28. The number of nitrogens with one attached hydrogen (secondary N) is 1. The Bertz CT molecular complexity index is 546. The van der Waals surface area contributed by atoms with Gasteiger partial charge in [-0.15, -0.1) is 0 Å². The van der Waals surface area contributed by atoms with Crippen LogP contribution < -0.4 is 0 Å². The summed E-state index contributed by atoms with van der Waals surface area (Å²) in [4.78, 5) is 11.9. The molecule has 3 nitrogen and oxygen atoms in total. The van der Waals surface area contributed by atoms with Gasteiger partial charge in [0.05, 0.1) is 6.33 Å². The van der Waals surface area contributed by atoms with E-state index in [1.807, 2.05) is 12.4 Å². The first kappa shape index (κ1) is 9.40. The van der Waals surface area contributed by atoms with Crippen LogP contribution in [0.15, 0.2) is 30.9 Å². The molecule has 1 spiro atoms. The van der Waals surface area contributed by atoms with Gasteiger partial charge in [0.2, 0.25) is 0 Å². The lowest BCUT2D eigenvalue weighted by Crippen LogP contribution is -2.18. The molecule has 0 aromatic carbocycles. The maximum Gasteiger partial charge on any atom is 0.0921 e. The standard InChI is InChI=1S/C14H15N3/c1-2-10-3-4-14(7-12(10)16-5-1)6-11(14)13-8-15-9-17-13/h1-2,5,8-9,11H,3-4,6-7H2,(H,15,17)/t11-,14-/m0/s1. The van der Waals surface area contributed by atoms with Crippen LogP contribution in [-0.2, 0) is 12.8 Å². The fourth-order valence-electron chi connectivity index (χ4n) is 3.38. The van der Waals surface area contributed by atoms with Gasteiger partial charge in [0.15, 0.2) is 0 Å². The lowest BCUT2D eigenvalue weighted by molar-refractivity contribution is 0.413. The second kappa shape index (κ2) is 3.19. The molecular weight excluding hydrogens is 210 g/mol. The van der Waals surface area contributed by atoms with Crippen LogP contribution in [0.3, 0.4) is 0 Å². The van der Waals surface area contributed by atoms with Crippen molar-refractivity contribution < 1.29 is 0 Å². The highest BCUT2D eigenvalue weighted by atomic mass is 14.9. The second-order valence-electron chi connectivity index (χ2n) is 5.41. The number of aryl methyl sites for hydroxylation is 1. The number of imidazole rings is 1. The van der Waals surface area contributed by atoms with Crippen molar-refractivity contribution in [1.82, 2.24) is 15.0 Å². The van der Waals surface area contributed by atoms with Crippen molar-refractivity contribution in [2.45, 2.75) is 31.6 Å². The summed E-state index contributed by atoms with van der Waals surface area (Å²) in [5.41, 5.74) is 4.56.